The summed E-state index contributed by atoms with van der Waals surface area (Å²) in [4.78, 5) is 41.1. The fourth-order valence-electron chi connectivity index (χ4n) is 3.58. The Hall–Kier alpha value is -2.37. The number of likely N-dealkylation sites (tertiary alicyclic amines) is 1. The van der Waals surface area contributed by atoms with E-state index in [1.807, 2.05) is 31.2 Å². The molecule has 1 N–H and O–H groups in total. The zero-order chi connectivity index (χ0) is 18.2. The molecule has 4 amide bonds. The van der Waals surface area contributed by atoms with Crippen molar-refractivity contribution in [3.05, 3.63) is 35.4 Å². The van der Waals surface area contributed by atoms with Crippen molar-refractivity contribution in [2.24, 2.45) is 0 Å². The van der Waals surface area contributed by atoms with Gasteiger partial charge in [0.05, 0.1) is 0 Å². The van der Waals surface area contributed by atoms with Gasteiger partial charge in [0.2, 0.25) is 5.91 Å². The molecule has 0 bridgehead atoms. The van der Waals surface area contributed by atoms with Crippen molar-refractivity contribution in [2.45, 2.75) is 51.6 Å². The van der Waals surface area contributed by atoms with Gasteiger partial charge in [0.15, 0.2) is 0 Å². The molecule has 2 aliphatic rings. The van der Waals surface area contributed by atoms with Gasteiger partial charge in [0.25, 0.3) is 5.91 Å². The van der Waals surface area contributed by atoms with Gasteiger partial charge in [-0.15, -0.1) is 0 Å². The molecule has 3 rings (SSSR count). The third-order valence-electron chi connectivity index (χ3n) is 5.26. The van der Waals surface area contributed by atoms with Crippen LogP contribution in [-0.4, -0.2) is 46.8 Å². The molecule has 2 aliphatic heterocycles. The van der Waals surface area contributed by atoms with E-state index in [0.717, 1.165) is 35.3 Å². The molecule has 0 aliphatic carbocycles. The summed E-state index contributed by atoms with van der Waals surface area (Å²) < 4.78 is 0. The molecular formula is C19H25N3O3. The van der Waals surface area contributed by atoms with Crippen molar-refractivity contribution in [1.29, 1.82) is 0 Å². The van der Waals surface area contributed by atoms with Gasteiger partial charge in [0.1, 0.15) is 11.6 Å². The lowest BCUT2D eigenvalue weighted by Crippen LogP contribution is -2.51. The summed E-state index contributed by atoms with van der Waals surface area (Å²) in [6.07, 6.45) is 3.06. The third-order valence-corrected chi connectivity index (χ3v) is 5.26. The Morgan fingerprint density at radius 3 is 2.32 bits per heavy atom. The van der Waals surface area contributed by atoms with Crippen LogP contribution in [0, 0.1) is 6.92 Å². The van der Waals surface area contributed by atoms with Gasteiger partial charge in [-0.25, -0.2) is 9.69 Å². The number of nitrogens with one attached hydrogen (secondary N) is 1. The molecule has 25 heavy (non-hydrogen) atoms. The third kappa shape index (κ3) is 3.01. The Morgan fingerprint density at radius 1 is 1.12 bits per heavy atom. The summed E-state index contributed by atoms with van der Waals surface area (Å²) in [5.41, 5.74) is 0.660. The van der Waals surface area contributed by atoms with Crippen LogP contribution in [0.3, 0.4) is 0 Å². The number of aryl methyl sites for hydroxylation is 1. The minimum absolute atomic E-state index is 0.156. The monoisotopic (exact) mass is 343 g/mol. The number of nitrogens with zero attached hydrogens (tertiary/aromatic N) is 2. The topological polar surface area (TPSA) is 69.7 Å². The molecule has 134 valence electrons. The molecule has 6 heteroatoms. The molecule has 0 spiro atoms. The van der Waals surface area contributed by atoms with E-state index in [4.69, 9.17) is 0 Å². The lowest BCUT2D eigenvalue weighted by Gasteiger charge is -2.32. The first-order valence-electron chi connectivity index (χ1n) is 8.86. The molecule has 2 saturated heterocycles. The van der Waals surface area contributed by atoms with Crippen molar-refractivity contribution in [3.63, 3.8) is 0 Å². The minimum atomic E-state index is -1.14. The predicted octanol–water partition coefficient (Wildman–Crippen LogP) is 2.16. The highest BCUT2D eigenvalue weighted by Crippen LogP contribution is 2.30. The first-order chi connectivity index (χ1) is 11.8. The zero-order valence-electron chi connectivity index (χ0n) is 15.0. The van der Waals surface area contributed by atoms with Gasteiger partial charge in [-0.05, 0) is 45.6 Å². The van der Waals surface area contributed by atoms with Crippen molar-refractivity contribution >= 4 is 17.8 Å². The second kappa shape index (κ2) is 6.50. The van der Waals surface area contributed by atoms with E-state index < -0.39 is 17.6 Å². The normalized spacial score (nSPS) is 25.1. The number of amides is 4. The highest BCUT2D eigenvalue weighted by molar-refractivity contribution is 6.09. The first kappa shape index (κ1) is 17.5. The van der Waals surface area contributed by atoms with E-state index in [1.165, 1.54) is 0 Å². The van der Waals surface area contributed by atoms with Crippen molar-refractivity contribution in [2.75, 3.05) is 13.1 Å². The second-order valence-corrected chi connectivity index (χ2v) is 7.16. The average molecular weight is 343 g/mol. The van der Waals surface area contributed by atoms with E-state index >= 15 is 0 Å². The molecule has 0 radical (unpaired) electrons. The Morgan fingerprint density at radius 2 is 1.72 bits per heavy atom. The summed E-state index contributed by atoms with van der Waals surface area (Å²) in [5, 5.41) is 2.77. The van der Waals surface area contributed by atoms with Crippen LogP contribution in [0.15, 0.2) is 24.3 Å². The van der Waals surface area contributed by atoms with Gasteiger partial charge in [-0.3, -0.25) is 9.59 Å². The standard InChI is InChI=1S/C19H25N3O3/c1-13-7-9-15(10-8-13)19(3)17(24)22(18(25)20-19)14(2)16(23)21-11-5-4-6-12-21/h7-10,14H,4-6,11-12H2,1-3H3,(H,20,25)/t14-,19-/m0/s1. The number of hydrogen-bond donors (Lipinski definition) is 1. The summed E-state index contributed by atoms with van der Waals surface area (Å²) in [6.45, 7) is 6.68. The first-order valence-corrected chi connectivity index (χ1v) is 8.86. The molecule has 0 unspecified atom stereocenters. The van der Waals surface area contributed by atoms with Gasteiger partial charge in [0, 0.05) is 13.1 Å². The number of imide groups is 1. The summed E-state index contributed by atoms with van der Waals surface area (Å²) >= 11 is 0. The van der Waals surface area contributed by atoms with E-state index in [0.29, 0.717) is 13.1 Å². The van der Waals surface area contributed by atoms with Crippen LogP contribution in [0.1, 0.15) is 44.2 Å². The quantitative estimate of drug-likeness (QED) is 0.855. The zero-order valence-corrected chi connectivity index (χ0v) is 15.0. The molecule has 1 aromatic carbocycles. The fourth-order valence-corrected chi connectivity index (χ4v) is 3.58. The highest BCUT2D eigenvalue weighted by Gasteiger charge is 2.52. The molecule has 1 aromatic rings. The van der Waals surface area contributed by atoms with Gasteiger partial charge in [-0.2, -0.15) is 0 Å². The Balaban J connectivity index is 1.83. The number of benzene rings is 1. The maximum absolute atomic E-state index is 13.0. The van der Waals surface area contributed by atoms with Crippen LogP contribution >= 0.6 is 0 Å². The van der Waals surface area contributed by atoms with Crippen molar-refractivity contribution in [3.8, 4) is 0 Å². The van der Waals surface area contributed by atoms with Gasteiger partial charge in [-0.1, -0.05) is 29.8 Å². The molecule has 0 aromatic heterocycles. The smallest absolute Gasteiger partial charge is 0.326 e. The van der Waals surface area contributed by atoms with Crippen LogP contribution in [0.2, 0.25) is 0 Å². The molecule has 0 saturated carbocycles. The predicted molar refractivity (Wildman–Crippen MR) is 93.8 cm³/mol. The summed E-state index contributed by atoms with van der Waals surface area (Å²) in [6, 6.07) is 6.20. The Bertz CT molecular complexity index is 694. The van der Waals surface area contributed by atoms with Crippen LogP contribution in [0.25, 0.3) is 0 Å². The number of urea groups is 1. The van der Waals surface area contributed by atoms with E-state index in [-0.39, 0.29) is 11.8 Å². The number of rotatable bonds is 3. The van der Waals surface area contributed by atoms with E-state index in [2.05, 4.69) is 5.32 Å². The minimum Gasteiger partial charge on any atom is -0.341 e. The lowest BCUT2D eigenvalue weighted by molar-refractivity contribution is -0.143. The molecule has 2 atom stereocenters. The summed E-state index contributed by atoms with van der Waals surface area (Å²) in [7, 11) is 0. The molecule has 6 nitrogen and oxygen atoms in total. The van der Waals surface area contributed by atoms with E-state index in [9.17, 15) is 14.4 Å². The lowest BCUT2D eigenvalue weighted by atomic mass is 9.91. The highest BCUT2D eigenvalue weighted by atomic mass is 16.2. The number of carbonyl (C=O) groups excluding carboxylic acids is 3. The Labute approximate surface area is 148 Å². The second-order valence-electron chi connectivity index (χ2n) is 7.16. The molecule has 2 fully saturated rings. The van der Waals surface area contributed by atoms with Crippen molar-refractivity contribution in [1.82, 2.24) is 15.1 Å². The SMILES string of the molecule is Cc1ccc([C@]2(C)NC(=O)N([C@@H](C)C(=O)N3CCCCC3)C2=O)cc1. The van der Waals surface area contributed by atoms with Gasteiger partial charge < -0.3 is 10.2 Å². The fraction of sp³-hybridized carbons (Fsp3) is 0.526. The molecule has 2 heterocycles. The van der Waals surface area contributed by atoms with Crippen LogP contribution in [-0.2, 0) is 15.1 Å². The maximum Gasteiger partial charge on any atom is 0.326 e. The van der Waals surface area contributed by atoms with Crippen LogP contribution in [0.5, 0.6) is 0 Å². The molecular weight excluding hydrogens is 318 g/mol. The number of carbonyl (C=O) groups is 3. The van der Waals surface area contributed by atoms with E-state index in [1.54, 1.807) is 18.7 Å². The average Bonchev–Trinajstić information content (AvgIpc) is 2.85. The van der Waals surface area contributed by atoms with Crippen LogP contribution < -0.4 is 5.32 Å². The largest absolute Gasteiger partial charge is 0.341 e. The van der Waals surface area contributed by atoms with Crippen LogP contribution in [0.4, 0.5) is 4.79 Å². The number of piperidine rings is 1. The summed E-state index contributed by atoms with van der Waals surface area (Å²) in [5.74, 6) is -0.532. The number of hydrogen-bond acceptors (Lipinski definition) is 3. The van der Waals surface area contributed by atoms with Crippen molar-refractivity contribution < 1.29 is 14.4 Å². The van der Waals surface area contributed by atoms with Gasteiger partial charge >= 0.3 is 6.03 Å². The maximum atomic E-state index is 13.0. The Kier molecular flexibility index (Phi) is 4.54.